The summed E-state index contributed by atoms with van der Waals surface area (Å²) in [4.78, 5) is 5.03. The van der Waals surface area contributed by atoms with Gasteiger partial charge < -0.3 is 4.90 Å². The molecule has 16 heavy (non-hydrogen) atoms. The zero-order valence-electron chi connectivity index (χ0n) is 11.3. The molecule has 0 aromatic rings. The van der Waals surface area contributed by atoms with Gasteiger partial charge in [-0.1, -0.05) is 39.5 Å². The maximum absolute atomic E-state index is 3.27. The average molecular weight is 222 g/mol. The summed E-state index contributed by atoms with van der Waals surface area (Å²) < 4.78 is 0. The van der Waals surface area contributed by atoms with Crippen LogP contribution in [-0.4, -0.2) is 49.1 Å². The minimum Gasteiger partial charge on any atom is -0.301 e. The molecule has 0 aromatic carbocycles. The highest BCUT2D eigenvalue weighted by Crippen LogP contribution is 2.04. The van der Waals surface area contributed by atoms with Crippen LogP contribution in [0.2, 0.25) is 0 Å². The van der Waals surface area contributed by atoms with E-state index in [0.717, 1.165) is 12.5 Å². The molecule has 0 atom stereocenters. The summed E-state index contributed by atoms with van der Waals surface area (Å²) in [6.07, 6.45) is 0. The first-order valence-electron chi connectivity index (χ1n) is 6.51. The summed E-state index contributed by atoms with van der Waals surface area (Å²) >= 11 is 0. The van der Waals surface area contributed by atoms with Gasteiger partial charge in [0.05, 0.1) is 6.54 Å². The van der Waals surface area contributed by atoms with Crippen LogP contribution in [0.3, 0.4) is 0 Å². The highest BCUT2D eigenvalue weighted by Gasteiger charge is 2.16. The van der Waals surface area contributed by atoms with Gasteiger partial charge in [0.1, 0.15) is 0 Å². The number of nitrogens with zero attached hydrogens (tertiary/aromatic N) is 2. The molecule has 1 heterocycles. The topological polar surface area (TPSA) is 6.48 Å². The minimum absolute atomic E-state index is 0.502. The van der Waals surface area contributed by atoms with E-state index in [2.05, 4.69) is 49.3 Å². The van der Waals surface area contributed by atoms with E-state index in [0.29, 0.717) is 5.92 Å². The molecular formula is C14H26N2. The normalized spacial score (nSPS) is 18.9. The second-order valence-corrected chi connectivity index (χ2v) is 5.45. The summed E-state index contributed by atoms with van der Waals surface area (Å²) in [7, 11) is 0. The van der Waals surface area contributed by atoms with Gasteiger partial charge >= 0.3 is 0 Å². The molecule has 0 bridgehead atoms. The predicted octanol–water partition coefficient (Wildman–Crippen LogP) is 1.92. The number of hydrogen-bond acceptors (Lipinski definition) is 2. The predicted molar refractivity (Wildman–Crippen MR) is 70.3 cm³/mol. The smallest absolute Gasteiger partial charge is 0.0602 e. The highest BCUT2D eigenvalue weighted by atomic mass is 15.3. The van der Waals surface area contributed by atoms with Crippen molar-refractivity contribution in [1.82, 2.24) is 9.80 Å². The van der Waals surface area contributed by atoms with Gasteiger partial charge in [0, 0.05) is 38.6 Å². The Hall–Kier alpha value is -0.520. The molecule has 1 fully saturated rings. The molecule has 1 aliphatic heterocycles. The van der Waals surface area contributed by atoms with Crippen LogP contribution in [0.4, 0.5) is 0 Å². The average Bonchev–Trinajstić information content (AvgIpc) is 2.19. The SMILES string of the molecule is CC(C)C#CCN1CCN(CC(C)C)CC1. The molecule has 92 valence electrons. The zero-order chi connectivity index (χ0) is 12.0. The molecule has 0 amide bonds. The Labute approximate surface area is 101 Å². The maximum atomic E-state index is 3.27. The van der Waals surface area contributed by atoms with Gasteiger partial charge in [0.25, 0.3) is 0 Å². The molecule has 2 nitrogen and oxygen atoms in total. The van der Waals surface area contributed by atoms with E-state index in [9.17, 15) is 0 Å². The fourth-order valence-corrected chi connectivity index (χ4v) is 2.01. The van der Waals surface area contributed by atoms with Crippen LogP contribution in [0, 0.1) is 23.7 Å². The minimum atomic E-state index is 0.502. The van der Waals surface area contributed by atoms with Gasteiger partial charge in [-0.25, -0.2) is 0 Å². The third-order valence-electron chi connectivity index (χ3n) is 2.78. The quantitative estimate of drug-likeness (QED) is 0.673. The molecule has 2 heteroatoms. The van der Waals surface area contributed by atoms with Crippen molar-refractivity contribution in [3.05, 3.63) is 0 Å². The third kappa shape index (κ3) is 5.53. The van der Waals surface area contributed by atoms with Crippen LogP contribution in [0.25, 0.3) is 0 Å². The van der Waals surface area contributed by atoms with Crippen molar-refractivity contribution in [2.24, 2.45) is 11.8 Å². The Balaban J connectivity index is 2.20. The van der Waals surface area contributed by atoms with E-state index in [4.69, 9.17) is 0 Å². The first kappa shape index (κ1) is 13.5. The molecule has 0 radical (unpaired) electrons. The van der Waals surface area contributed by atoms with Gasteiger partial charge in [-0.05, 0) is 5.92 Å². The number of hydrogen-bond donors (Lipinski definition) is 0. The van der Waals surface area contributed by atoms with Gasteiger partial charge in [0.2, 0.25) is 0 Å². The lowest BCUT2D eigenvalue weighted by Crippen LogP contribution is -2.47. The molecule has 1 aliphatic rings. The van der Waals surface area contributed by atoms with Crippen molar-refractivity contribution >= 4 is 0 Å². The molecule has 0 N–H and O–H groups in total. The molecule has 0 unspecified atom stereocenters. The summed E-state index contributed by atoms with van der Waals surface area (Å²) in [6, 6.07) is 0. The Morgan fingerprint density at radius 2 is 1.50 bits per heavy atom. The van der Waals surface area contributed by atoms with Crippen molar-refractivity contribution < 1.29 is 0 Å². The van der Waals surface area contributed by atoms with Crippen molar-refractivity contribution in [2.45, 2.75) is 27.7 Å². The number of piperazine rings is 1. The van der Waals surface area contributed by atoms with Crippen molar-refractivity contribution in [3.8, 4) is 11.8 Å². The second-order valence-electron chi connectivity index (χ2n) is 5.45. The largest absolute Gasteiger partial charge is 0.301 e. The van der Waals surface area contributed by atoms with E-state index < -0.39 is 0 Å². The van der Waals surface area contributed by atoms with E-state index >= 15 is 0 Å². The van der Waals surface area contributed by atoms with E-state index in [1.807, 2.05) is 0 Å². The summed E-state index contributed by atoms with van der Waals surface area (Å²) in [6.45, 7) is 15.9. The second kappa shape index (κ2) is 6.93. The fraction of sp³-hybridized carbons (Fsp3) is 0.857. The van der Waals surface area contributed by atoms with Crippen molar-refractivity contribution in [2.75, 3.05) is 39.3 Å². The fourth-order valence-electron chi connectivity index (χ4n) is 2.01. The van der Waals surface area contributed by atoms with Crippen LogP contribution < -0.4 is 0 Å². The summed E-state index contributed by atoms with van der Waals surface area (Å²) in [5.41, 5.74) is 0. The zero-order valence-corrected chi connectivity index (χ0v) is 11.3. The lowest BCUT2D eigenvalue weighted by atomic mass is 10.2. The van der Waals surface area contributed by atoms with Crippen LogP contribution >= 0.6 is 0 Å². The van der Waals surface area contributed by atoms with Gasteiger partial charge in [0.15, 0.2) is 0 Å². The van der Waals surface area contributed by atoms with Crippen LogP contribution in [-0.2, 0) is 0 Å². The molecule has 0 aliphatic carbocycles. The lowest BCUT2D eigenvalue weighted by Gasteiger charge is -2.34. The Morgan fingerprint density at radius 3 is 2.00 bits per heavy atom. The lowest BCUT2D eigenvalue weighted by molar-refractivity contribution is 0.133. The standard InChI is InChI=1S/C14H26N2/c1-13(2)6-5-7-15-8-10-16(11-9-15)12-14(3)4/h13-14H,7-12H2,1-4H3. The summed E-state index contributed by atoms with van der Waals surface area (Å²) in [5.74, 6) is 7.79. The molecule has 0 aromatic heterocycles. The van der Waals surface area contributed by atoms with E-state index in [1.54, 1.807) is 0 Å². The molecular weight excluding hydrogens is 196 g/mol. The first-order chi connectivity index (χ1) is 7.58. The van der Waals surface area contributed by atoms with Crippen molar-refractivity contribution in [1.29, 1.82) is 0 Å². The highest BCUT2D eigenvalue weighted by molar-refractivity contribution is 5.03. The van der Waals surface area contributed by atoms with Crippen LogP contribution in [0.15, 0.2) is 0 Å². The van der Waals surface area contributed by atoms with E-state index in [1.165, 1.54) is 32.7 Å². The van der Waals surface area contributed by atoms with Gasteiger partial charge in [-0.3, -0.25) is 4.90 Å². The van der Waals surface area contributed by atoms with Crippen LogP contribution in [0.5, 0.6) is 0 Å². The van der Waals surface area contributed by atoms with Gasteiger partial charge in [-0.15, -0.1) is 0 Å². The van der Waals surface area contributed by atoms with Crippen LogP contribution in [0.1, 0.15) is 27.7 Å². The Bertz CT molecular complexity index is 239. The maximum Gasteiger partial charge on any atom is 0.0602 e. The van der Waals surface area contributed by atoms with Crippen molar-refractivity contribution in [3.63, 3.8) is 0 Å². The monoisotopic (exact) mass is 222 g/mol. The number of rotatable bonds is 3. The molecule has 1 rings (SSSR count). The van der Waals surface area contributed by atoms with Gasteiger partial charge in [-0.2, -0.15) is 0 Å². The molecule has 0 spiro atoms. The van der Waals surface area contributed by atoms with E-state index in [-0.39, 0.29) is 0 Å². The molecule has 1 saturated heterocycles. The third-order valence-corrected chi connectivity index (χ3v) is 2.78. The Kier molecular flexibility index (Phi) is 5.87. The first-order valence-corrected chi connectivity index (χ1v) is 6.51. The summed E-state index contributed by atoms with van der Waals surface area (Å²) in [5, 5.41) is 0. The molecule has 0 saturated carbocycles. The Morgan fingerprint density at radius 1 is 0.938 bits per heavy atom.